The van der Waals surface area contributed by atoms with Crippen LogP contribution in [-0.4, -0.2) is 44.9 Å². The van der Waals surface area contributed by atoms with Crippen LogP contribution in [0.1, 0.15) is 36.4 Å². The summed E-state index contributed by atoms with van der Waals surface area (Å²) < 4.78 is 0. The van der Waals surface area contributed by atoms with E-state index in [4.69, 9.17) is 11.6 Å². The van der Waals surface area contributed by atoms with Gasteiger partial charge in [-0.1, -0.05) is 35.9 Å². The van der Waals surface area contributed by atoms with Crippen molar-refractivity contribution in [2.45, 2.75) is 25.3 Å². The number of halogens is 1. The summed E-state index contributed by atoms with van der Waals surface area (Å²) in [4.78, 5) is 45.5. The molecule has 6 nitrogen and oxygen atoms in total. The molecule has 2 saturated heterocycles. The maximum Gasteiger partial charge on any atom is 0.294 e. The highest BCUT2D eigenvalue weighted by Gasteiger charge is 2.38. The maximum atomic E-state index is 13.1. The molecule has 0 N–H and O–H groups in total. The van der Waals surface area contributed by atoms with Crippen molar-refractivity contribution in [1.82, 2.24) is 14.8 Å². The van der Waals surface area contributed by atoms with Gasteiger partial charge in [-0.2, -0.15) is 0 Å². The van der Waals surface area contributed by atoms with Gasteiger partial charge in [-0.05, 0) is 60.4 Å². The van der Waals surface area contributed by atoms with Crippen LogP contribution in [0.4, 0.5) is 4.79 Å². The molecule has 2 aromatic rings. The predicted molar refractivity (Wildman–Crippen MR) is 117 cm³/mol. The van der Waals surface area contributed by atoms with Crippen LogP contribution in [-0.2, 0) is 9.59 Å². The number of amides is 3. The third kappa shape index (κ3) is 4.27. The van der Waals surface area contributed by atoms with Crippen molar-refractivity contribution in [1.29, 1.82) is 0 Å². The van der Waals surface area contributed by atoms with E-state index in [-0.39, 0.29) is 23.4 Å². The standard InChI is InChI=1S/C22H20ClN3O3S/c23-17-8-2-1-6-15(17)12-19-21(28)26(22(29)30-19)14-20(27)25-11-4-3-9-18(25)16-7-5-10-24-13-16/h1-2,5-8,10,12-13,18H,3-4,9,11,14H2/b19-12-. The van der Waals surface area contributed by atoms with Gasteiger partial charge in [-0.3, -0.25) is 24.3 Å². The molecule has 0 spiro atoms. The third-order valence-electron chi connectivity index (χ3n) is 5.25. The van der Waals surface area contributed by atoms with E-state index in [1.54, 1.807) is 47.6 Å². The number of thioether (sulfide) groups is 1. The van der Waals surface area contributed by atoms with Gasteiger partial charge in [0.05, 0.1) is 10.9 Å². The molecule has 30 heavy (non-hydrogen) atoms. The Hall–Kier alpha value is -2.64. The predicted octanol–water partition coefficient (Wildman–Crippen LogP) is 4.53. The summed E-state index contributed by atoms with van der Waals surface area (Å²) in [7, 11) is 0. The molecule has 2 fully saturated rings. The van der Waals surface area contributed by atoms with Crippen LogP contribution < -0.4 is 0 Å². The molecule has 4 rings (SSSR count). The molecule has 154 valence electrons. The molecule has 0 aliphatic carbocycles. The van der Waals surface area contributed by atoms with Crippen molar-refractivity contribution in [2.75, 3.05) is 13.1 Å². The van der Waals surface area contributed by atoms with Gasteiger partial charge >= 0.3 is 0 Å². The Labute approximate surface area is 183 Å². The number of nitrogens with zero attached hydrogens (tertiary/aromatic N) is 3. The van der Waals surface area contributed by atoms with Crippen molar-refractivity contribution in [2.24, 2.45) is 0 Å². The zero-order chi connectivity index (χ0) is 21.1. The molecule has 1 atom stereocenters. The van der Waals surface area contributed by atoms with Crippen LogP contribution in [0.3, 0.4) is 0 Å². The molecule has 8 heteroatoms. The number of rotatable bonds is 4. The number of pyridine rings is 1. The summed E-state index contributed by atoms with van der Waals surface area (Å²) in [5.41, 5.74) is 1.63. The fourth-order valence-corrected chi connectivity index (χ4v) is 4.76. The molecule has 0 bridgehead atoms. The SMILES string of the molecule is O=C1S/C(=C\c2ccccc2Cl)C(=O)N1CC(=O)N1CCCCC1c1cccnc1. The number of benzene rings is 1. The smallest absolute Gasteiger partial charge is 0.294 e. The van der Waals surface area contributed by atoms with Gasteiger partial charge in [0.2, 0.25) is 5.91 Å². The minimum Gasteiger partial charge on any atom is -0.334 e. The minimum atomic E-state index is -0.465. The Kier molecular flexibility index (Phi) is 6.20. The van der Waals surface area contributed by atoms with Gasteiger partial charge in [0, 0.05) is 24.0 Å². The first-order valence-electron chi connectivity index (χ1n) is 9.74. The third-order valence-corrected chi connectivity index (χ3v) is 6.50. The van der Waals surface area contributed by atoms with Crippen molar-refractivity contribution in [3.05, 3.63) is 69.8 Å². The molecule has 1 unspecified atom stereocenters. The average Bonchev–Trinajstić information content (AvgIpc) is 3.03. The van der Waals surface area contributed by atoms with Crippen LogP contribution in [0.25, 0.3) is 6.08 Å². The van der Waals surface area contributed by atoms with Gasteiger partial charge in [0.15, 0.2) is 0 Å². The lowest BCUT2D eigenvalue weighted by Crippen LogP contribution is -2.45. The van der Waals surface area contributed by atoms with E-state index in [1.807, 2.05) is 12.1 Å². The molecule has 3 heterocycles. The lowest BCUT2D eigenvalue weighted by Gasteiger charge is -2.36. The van der Waals surface area contributed by atoms with Gasteiger partial charge in [-0.15, -0.1) is 0 Å². The van der Waals surface area contributed by atoms with Crippen molar-refractivity contribution in [3.8, 4) is 0 Å². The lowest BCUT2D eigenvalue weighted by atomic mass is 9.96. The van der Waals surface area contributed by atoms with E-state index >= 15 is 0 Å². The van der Waals surface area contributed by atoms with Crippen molar-refractivity contribution >= 4 is 46.5 Å². The molecule has 0 saturated carbocycles. The van der Waals surface area contributed by atoms with E-state index in [9.17, 15) is 14.4 Å². The first-order valence-corrected chi connectivity index (χ1v) is 10.9. The lowest BCUT2D eigenvalue weighted by molar-refractivity contribution is -0.138. The van der Waals surface area contributed by atoms with E-state index in [1.165, 1.54) is 0 Å². The summed E-state index contributed by atoms with van der Waals surface area (Å²) >= 11 is 6.98. The topological polar surface area (TPSA) is 70.6 Å². The zero-order valence-corrected chi connectivity index (χ0v) is 17.7. The molecular formula is C22H20ClN3O3S. The molecule has 1 aromatic heterocycles. The Bertz CT molecular complexity index is 1010. The fraction of sp³-hybridized carbons (Fsp3) is 0.273. The summed E-state index contributed by atoms with van der Waals surface area (Å²) in [6, 6.07) is 10.8. The Morgan fingerprint density at radius 1 is 1.20 bits per heavy atom. The summed E-state index contributed by atoms with van der Waals surface area (Å²) in [5, 5.41) is 0.0506. The number of carbonyl (C=O) groups excluding carboxylic acids is 3. The largest absolute Gasteiger partial charge is 0.334 e. The van der Waals surface area contributed by atoms with Crippen LogP contribution in [0.2, 0.25) is 5.02 Å². The van der Waals surface area contributed by atoms with Crippen molar-refractivity contribution < 1.29 is 14.4 Å². The van der Waals surface area contributed by atoms with Gasteiger partial charge in [0.1, 0.15) is 6.54 Å². The molecule has 1 aromatic carbocycles. The van der Waals surface area contributed by atoms with Crippen LogP contribution in [0, 0.1) is 0 Å². The molecule has 2 aliphatic rings. The van der Waals surface area contributed by atoms with E-state index in [0.717, 1.165) is 41.5 Å². The van der Waals surface area contributed by atoms with Gasteiger partial charge in [-0.25, -0.2) is 0 Å². The molecule has 3 amide bonds. The minimum absolute atomic E-state index is 0.0847. The second-order valence-corrected chi connectivity index (χ2v) is 8.57. The molecule has 2 aliphatic heterocycles. The van der Waals surface area contributed by atoms with Gasteiger partial charge in [0.25, 0.3) is 11.1 Å². The van der Waals surface area contributed by atoms with E-state index < -0.39 is 11.1 Å². The zero-order valence-electron chi connectivity index (χ0n) is 16.2. The second-order valence-electron chi connectivity index (χ2n) is 7.17. The fourth-order valence-electron chi connectivity index (χ4n) is 3.75. The Balaban J connectivity index is 1.50. The van der Waals surface area contributed by atoms with Crippen LogP contribution >= 0.6 is 23.4 Å². The number of piperidine rings is 1. The first kappa shape index (κ1) is 20.6. The highest BCUT2D eigenvalue weighted by Crippen LogP contribution is 2.35. The summed E-state index contributed by atoms with van der Waals surface area (Å²) in [5.74, 6) is -0.696. The quantitative estimate of drug-likeness (QED) is 0.652. The van der Waals surface area contributed by atoms with Crippen LogP contribution in [0.15, 0.2) is 53.7 Å². The highest BCUT2D eigenvalue weighted by molar-refractivity contribution is 8.18. The van der Waals surface area contributed by atoms with Crippen molar-refractivity contribution in [3.63, 3.8) is 0 Å². The summed E-state index contributed by atoms with van der Waals surface area (Å²) in [6.45, 7) is 0.339. The molecular weight excluding hydrogens is 422 g/mol. The van der Waals surface area contributed by atoms with E-state index in [2.05, 4.69) is 4.98 Å². The number of hydrogen-bond acceptors (Lipinski definition) is 5. The van der Waals surface area contributed by atoms with E-state index in [0.29, 0.717) is 17.1 Å². The number of likely N-dealkylation sites (tertiary alicyclic amines) is 1. The summed E-state index contributed by atoms with van der Waals surface area (Å²) in [6.07, 6.45) is 7.82. The van der Waals surface area contributed by atoms with Crippen LogP contribution in [0.5, 0.6) is 0 Å². The number of imide groups is 1. The number of hydrogen-bond donors (Lipinski definition) is 0. The number of aromatic nitrogens is 1. The average molecular weight is 442 g/mol. The van der Waals surface area contributed by atoms with Gasteiger partial charge < -0.3 is 4.90 Å². The Morgan fingerprint density at radius 3 is 2.80 bits per heavy atom. The highest BCUT2D eigenvalue weighted by atomic mass is 35.5. The number of carbonyl (C=O) groups is 3. The Morgan fingerprint density at radius 2 is 2.03 bits per heavy atom. The first-order chi connectivity index (χ1) is 14.5. The monoisotopic (exact) mass is 441 g/mol. The second kappa shape index (κ2) is 9.02. The normalized spacial score (nSPS) is 20.8. The maximum absolute atomic E-state index is 13.1. The molecule has 0 radical (unpaired) electrons.